The van der Waals surface area contributed by atoms with Gasteiger partial charge in [-0.15, -0.1) is 0 Å². The van der Waals surface area contributed by atoms with Crippen LogP contribution in [-0.4, -0.2) is 81.8 Å². The Bertz CT molecular complexity index is 582. The molecule has 0 aliphatic rings. The molecular formula is C14H25N5O8. The van der Waals surface area contributed by atoms with Gasteiger partial charge in [0.25, 0.3) is 0 Å². The Kier molecular flexibility index (Phi) is 9.92. The van der Waals surface area contributed by atoms with E-state index in [1.165, 1.54) is 13.8 Å². The van der Waals surface area contributed by atoms with Crippen molar-refractivity contribution < 1.29 is 39.3 Å². The molecule has 0 aromatic carbocycles. The molecular weight excluding hydrogens is 366 g/mol. The van der Waals surface area contributed by atoms with Crippen molar-refractivity contribution in [2.75, 3.05) is 6.61 Å². The zero-order valence-corrected chi connectivity index (χ0v) is 14.8. The number of hydrogen-bond donors (Lipinski definition) is 8. The van der Waals surface area contributed by atoms with Crippen LogP contribution in [-0.2, 0) is 24.0 Å². The molecule has 0 rings (SSSR count). The topological polar surface area (TPSA) is 234 Å². The molecule has 13 nitrogen and oxygen atoms in total. The highest BCUT2D eigenvalue weighted by molar-refractivity contribution is 5.95. The molecule has 0 aromatic rings. The molecule has 5 unspecified atom stereocenters. The Morgan fingerprint density at radius 3 is 1.93 bits per heavy atom. The fourth-order valence-corrected chi connectivity index (χ4v) is 1.81. The highest BCUT2D eigenvalue weighted by Crippen LogP contribution is 1.98. The fourth-order valence-electron chi connectivity index (χ4n) is 1.81. The van der Waals surface area contributed by atoms with Crippen LogP contribution in [0, 0.1) is 0 Å². The Morgan fingerprint density at radius 2 is 1.52 bits per heavy atom. The number of aliphatic hydroxyl groups excluding tert-OH is 2. The van der Waals surface area contributed by atoms with E-state index in [4.69, 9.17) is 16.6 Å². The van der Waals surface area contributed by atoms with Gasteiger partial charge in [-0.2, -0.15) is 0 Å². The number of carbonyl (C=O) groups is 5. The Labute approximate surface area is 154 Å². The lowest BCUT2D eigenvalue weighted by molar-refractivity contribution is -0.142. The maximum absolute atomic E-state index is 12.2. The third kappa shape index (κ3) is 8.44. The summed E-state index contributed by atoms with van der Waals surface area (Å²) in [6.45, 7) is 1.48. The van der Waals surface area contributed by atoms with Gasteiger partial charge in [0.05, 0.1) is 25.2 Å². The van der Waals surface area contributed by atoms with Gasteiger partial charge in [-0.05, 0) is 13.8 Å². The van der Waals surface area contributed by atoms with Crippen LogP contribution < -0.4 is 27.4 Å². The summed E-state index contributed by atoms with van der Waals surface area (Å²) in [5.41, 5.74) is 10.3. The predicted molar refractivity (Wildman–Crippen MR) is 89.7 cm³/mol. The van der Waals surface area contributed by atoms with E-state index in [0.29, 0.717) is 0 Å². The summed E-state index contributed by atoms with van der Waals surface area (Å²) >= 11 is 0. The van der Waals surface area contributed by atoms with Crippen molar-refractivity contribution in [1.29, 1.82) is 0 Å². The second-order valence-electron chi connectivity index (χ2n) is 5.82. The van der Waals surface area contributed by atoms with E-state index < -0.39 is 72.9 Å². The number of nitrogens with two attached hydrogens (primary N) is 2. The number of primary amides is 1. The van der Waals surface area contributed by atoms with Crippen LogP contribution in [0.15, 0.2) is 0 Å². The number of carbonyl (C=O) groups excluding carboxylic acids is 4. The van der Waals surface area contributed by atoms with Crippen LogP contribution in [0.25, 0.3) is 0 Å². The van der Waals surface area contributed by atoms with Gasteiger partial charge in [0, 0.05) is 0 Å². The van der Waals surface area contributed by atoms with E-state index in [1.54, 1.807) is 0 Å². The first-order valence-electron chi connectivity index (χ1n) is 7.87. The van der Waals surface area contributed by atoms with Gasteiger partial charge < -0.3 is 42.7 Å². The first-order valence-corrected chi connectivity index (χ1v) is 7.87. The molecule has 13 heteroatoms. The summed E-state index contributed by atoms with van der Waals surface area (Å²) in [5, 5.41) is 34.0. The molecule has 0 aliphatic carbocycles. The van der Waals surface area contributed by atoms with Gasteiger partial charge in [-0.25, -0.2) is 0 Å². The molecule has 27 heavy (non-hydrogen) atoms. The lowest BCUT2D eigenvalue weighted by Gasteiger charge is -2.25. The van der Waals surface area contributed by atoms with Crippen LogP contribution in [0.1, 0.15) is 20.3 Å². The van der Waals surface area contributed by atoms with E-state index >= 15 is 0 Å². The number of aliphatic carboxylic acids is 1. The Morgan fingerprint density at radius 1 is 0.963 bits per heavy atom. The van der Waals surface area contributed by atoms with E-state index in [9.17, 15) is 34.2 Å². The van der Waals surface area contributed by atoms with Crippen molar-refractivity contribution in [3.05, 3.63) is 0 Å². The first-order chi connectivity index (χ1) is 12.4. The van der Waals surface area contributed by atoms with Gasteiger partial charge in [0.2, 0.25) is 23.6 Å². The fraction of sp³-hybridized carbons (Fsp3) is 0.643. The van der Waals surface area contributed by atoms with Gasteiger partial charge >= 0.3 is 5.97 Å². The van der Waals surface area contributed by atoms with Crippen molar-refractivity contribution in [3.63, 3.8) is 0 Å². The predicted octanol–water partition coefficient (Wildman–Crippen LogP) is -4.88. The quantitative estimate of drug-likeness (QED) is 0.168. The maximum Gasteiger partial charge on any atom is 0.325 e. The summed E-state index contributed by atoms with van der Waals surface area (Å²) in [5.74, 6) is -5.15. The third-order valence-electron chi connectivity index (χ3n) is 3.37. The highest BCUT2D eigenvalue weighted by atomic mass is 16.4. The largest absolute Gasteiger partial charge is 0.480 e. The number of amides is 4. The lowest BCUT2D eigenvalue weighted by atomic mass is 10.1. The zero-order chi connectivity index (χ0) is 21.3. The van der Waals surface area contributed by atoms with E-state index in [-0.39, 0.29) is 0 Å². The molecule has 0 radical (unpaired) electrons. The zero-order valence-electron chi connectivity index (χ0n) is 14.8. The first kappa shape index (κ1) is 24.2. The molecule has 5 atom stereocenters. The summed E-state index contributed by atoms with van der Waals surface area (Å²) in [6, 6.07) is -5.72. The van der Waals surface area contributed by atoms with Crippen molar-refractivity contribution >= 4 is 29.6 Å². The molecule has 0 heterocycles. The summed E-state index contributed by atoms with van der Waals surface area (Å²) in [4.78, 5) is 57.5. The van der Waals surface area contributed by atoms with E-state index in [2.05, 4.69) is 16.0 Å². The standard InChI is InChI=1S/C14H25N5O8/c1-5(14(26)27)17-13(25)10(6(2)21)19-12(24)8(4-20)18-11(23)7(15)3-9(16)22/h5-8,10,20-21H,3-4,15H2,1-2H3,(H2,16,22)(H,17,25)(H,18,23)(H,19,24)(H,26,27). The van der Waals surface area contributed by atoms with Crippen LogP contribution >= 0.6 is 0 Å². The number of carboxylic acids is 1. The molecule has 0 fully saturated rings. The molecule has 0 spiro atoms. The smallest absolute Gasteiger partial charge is 0.325 e. The molecule has 4 amide bonds. The Balaban J connectivity index is 5.02. The molecule has 10 N–H and O–H groups in total. The molecule has 154 valence electrons. The van der Waals surface area contributed by atoms with Crippen molar-refractivity contribution in [1.82, 2.24) is 16.0 Å². The average Bonchev–Trinajstić information content (AvgIpc) is 2.55. The van der Waals surface area contributed by atoms with Gasteiger partial charge in [0.1, 0.15) is 18.1 Å². The number of rotatable bonds is 11. The summed E-state index contributed by atoms with van der Waals surface area (Å²) in [6.07, 6.45) is -1.90. The number of aliphatic hydroxyl groups is 2. The van der Waals surface area contributed by atoms with Crippen LogP contribution in [0.3, 0.4) is 0 Å². The third-order valence-corrected chi connectivity index (χ3v) is 3.37. The highest BCUT2D eigenvalue weighted by Gasteiger charge is 2.31. The number of nitrogens with one attached hydrogen (secondary N) is 3. The lowest BCUT2D eigenvalue weighted by Crippen LogP contribution is -2.60. The average molecular weight is 391 g/mol. The molecule has 0 saturated carbocycles. The molecule has 0 aliphatic heterocycles. The second-order valence-corrected chi connectivity index (χ2v) is 5.82. The Hall–Kier alpha value is -2.77. The number of carboxylic acid groups (broad SMARTS) is 1. The maximum atomic E-state index is 12.2. The van der Waals surface area contributed by atoms with E-state index in [0.717, 1.165) is 0 Å². The van der Waals surface area contributed by atoms with E-state index in [1.807, 2.05) is 0 Å². The molecule has 0 bridgehead atoms. The molecule has 0 aromatic heterocycles. The minimum Gasteiger partial charge on any atom is -0.480 e. The normalized spacial score (nSPS) is 16.2. The van der Waals surface area contributed by atoms with Crippen molar-refractivity contribution in [2.24, 2.45) is 11.5 Å². The monoisotopic (exact) mass is 391 g/mol. The minimum atomic E-state index is -1.55. The second kappa shape index (κ2) is 11.1. The number of hydrogen-bond acceptors (Lipinski definition) is 8. The SMILES string of the molecule is CC(NC(=O)C(NC(=O)C(CO)NC(=O)C(N)CC(N)=O)C(C)O)C(=O)O. The van der Waals surface area contributed by atoms with Gasteiger partial charge in [-0.3, -0.25) is 24.0 Å². The van der Waals surface area contributed by atoms with Crippen LogP contribution in [0.2, 0.25) is 0 Å². The molecule has 0 saturated heterocycles. The van der Waals surface area contributed by atoms with Crippen molar-refractivity contribution in [3.8, 4) is 0 Å². The van der Waals surface area contributed by atoms with Gasteiger partial charge in [0.15, 0.2) is 0 Å². The minimum absolute atomic E-state index is 0.489. The summed E-state index contributed by atoms with van der Waals surface area (Å²) < 4.78 is 0. The van der Waals surface area contributed by atoms with Crippen LogP contribution in [0.5, 0.6) is 0 Å². The van der Waals surface area contributed by atoms with Gasteiger partial charge in [-0.1, -0.05) is 0 Å². The summed E-state index contributed by atoms with van der Waals surface area (Å²) in [7, 11) is 0. The van der Waals surface area contributed by atoms with Crippen LogP contribution in [0.4, 0.5) is 0 Å². The van der Waals surface area contributed by atoms with Crippen molar-refractivity contribution in [2.45, 2.75) is 50.5 Å².